The summed E-state index contributed by atoms with van der Waals surface area (Å²) in [6, 6.07) is 9.22. The maximum Gasteiger partial charge on any atom is 0.271 e. The van der Waals surface area contributed by atoms with Crippen LogP contribution in [0, 0.1) is 0 Å². The maximum atomic E-state index is 11.1. The zero-order valence-corrected chi connectivity index (χ0v) is 14.2. The van der Waals surface area contributed by atoms with Crippen LogP contribution in [0.2, 0.25) is 0 Å². The summed E-state index contributed by atoms with van der Waals surface area (Å²) in [5.74, 6) is -0.323. The maximum absolute atomic E-state index is 11.1. The summed E-state index contributed by atoms with van der Waals surface area (Å²) in [5.41, 5.74) is 7.00. The van der Waals surface area contributed by atoms with E-state index in [0.717, 1.165) is 16.7 Å². The number of nitrogens with one attached hydrogen (secondary N) is 1. The third kappa shape index (κ3) is 3.43. The molecule has 3 heterocycles. The largest absolute Gasteiger partial charge is 0.505 e. The number of nitrogens with two attached hydrogens (primary N) is 1. The van der Waals surface area contributed by atoms with E-state index >= 15 is 0 Å². The Morgan fingerprint density at radius 1 is 1.30 bits per heavy atom. The fraction of sp³-hybridized carbons (Fsp3) is 0.111. The zero-order chi connectivity index (χ0) is 18.8. The van der Waals surface area contributed by atoms with E-state index in [1.54, 1.807) is 10.9 Å². The molecular weight excluding hydrogens is 348 g/mol. The van der Waals surface area contributed by atoms with Gasteiger partial charge in [-0.05, 0) is 29.7 Å². The van der Waals surface area contributed by atoms with Crippen molar-refractivity contribution in [2.24, 2.45) is 5.73 Å². The molecule has 4 aromatic rings. The van der Waals surface area contributed by atoms with Crippen molar-refractivity contribution in [2.45, 2.75) is 6.54 Å². The predicted molar refractivity (Wildman–Crippen MR) is 97.2 cm³/mol. The first kappa shape index (κ1) is 16.6. The van der Waals surface area contributed by atoms with Crippen molar-refractivity contribution in [3.8, 4) is 22.8 Å². The van der Waals surface area contributed by atoms with E-state index in [4.69, 9.17) is 10.5 Å². The van der Waals surface area contributed by atoms with Crippen LogP contribution < -0.4 is 10.5 Å². The Morgan fingerprint density at radius 3 is 3.00 bits per heavy atom. The van der Waals surface area contributed by atoms with Crippen LogP contribution >= 0.6 is 0 Å². The van der Waals surface area contributed by atoms with Gasteiger partial charge in [0.25, 0.3) is 5.91 Å². The lowest BCUT2D eigenvalue weighted by atomic mass is 10.2. The van der Waals surface area contributed by atoms with Gasteiger partial charge in [-0.25, -0.2) is 9.67 Å². The summed E-state index contributed by atoms with van der Waals surface area (Å²) < 4.78 is 7.38. The van der Waals surface area contributed by atoms with E-state index in [9.17, 15) is 9.90 Å². The number of aromatic amines is 1. The van der Waals surface area contributed by atoms with Gasteiger partial charge in [-0.2, -0.15) is 0 Å². The molecule has 0 radical (unpaired) electrons. The molecule has 1 aromatic carbocycles. The van der Waals surface area contributed by atoms with E-state index in [0.29, 0.717) is 24.4 Å². The van der Waals surface area contributed by atoms with E-state index in [1.165, 1.54) is 12.3 Å². The number of carbonyl (C=O) groups excluding carboxylic acids is 1. The van der Waals surface area contributed by atoms with E-state index in [-0.39, 0.29) is 11.4 Å². The summed E-state index contributed by atoms with van der Waals surface area (Å²) in [5, 5.41) is 19.0. The molecule has 4 N–H and O–H groups in total. The van der Waals surface area contributed by atoms with E-state index in [2.05, 4.69) is 20.3 Å². The van der Waals surface area contributed by atoms with Gasteiger partial charge in [0, 0.05) is 29.5 Å². The number of hydrogen-bond donors (Lipinski definition) is 3. The second-order valence-electron chi connectivity index (χ2n) is 5.90. The Kier molecular flexibility index (Phi) is 4.17. The van der Waals surface area contributed by atoms with Crippen molar-refractivity contribution in [1.82, 2.24) is 25.0 Å². The van der Waals surface area contributed by atoms with Crippen molar-refractivity contribution < 1.29 is 14.6 Å². The molecule has 27 heavy (non-hydrogen) atoms. The van der Waals surface area contributed by atoms with Gasteiger partial charge >= 0.3 is 0 Å². The molecule has 136 valence electrons. The molecule has 1 amide bonds. The number of primary amides is 1. The van der Waals surface area contributed by atoms with E-state index in [1.807, 2.05) is 30.5 Å². The standard InChI is InChI=1S/C18H16N6O3/c19-18(26)17-16(25)7-12(9-21-17)15-10-24(23-22-15)5-6-27-13-2-1-11-3-4-20-14(11)8-13/h1-4,7-10,20,25H,5-6H2,(H2,19,26). The number of amides is 1. The van der Waals surface area contributed by atoms with Gasteiger partial charge in [-0.1, -0.05) is 5.21 Å². The number of pyridine rings is 1. The normalized spacial score (nSPS) is 11.0. The molecule has 0 aliphatic rings. The summed E-state index contributed by atoms with van der Waals surface area (Å²) in [6.45, 7) is 0.910. The van der Waals surface area contributed by atoms with Crippen LogP contribution in [0.4, 0.5) is 0 Å². The van der Waals surface area contributed by atoms with Crippen molar-refractivity contribution >= 4 is 16.8 Å². The molecule has 0 aliphatic heterocycles. The number of hydrogen-bond acceptors (Lipinski definition) is 6. The Hall–Kier alpha value is -3.88. The predicted octanol–water partition coefficient (Wildman–Crippen LogP) is 1.70. The van der Waals surface area contributed by atoms with Crippen LogP contribution in [-0.2, 0) is 6.54 Å². The summed E-state index contributed by atoms with van der Waals surface area (Å²) in [7, 11) is 0. The lowest BCUT2D eigenvalue weighted by Crippen LogP contribution is -2.13. The first-order valence-electron chi connectivity index (χ1n) is 8.19. The Labute approximate surface area is 153 Å². The highest BCUT2D eigenvalue weighted by atomic mass is 16.5. The van der Waals surface area contributed by atoms with Gasteiger partial charge in [0.05, 0.1) is 12.7 Å². The molecular formula is C18H16N6O3. The number of ether oxygens (including phenoxy) is 1. The molecule has 0 aliphatic carbocycles. The molecule has 0 saturated carbocycles. The van der Waals surface area contributed by atoms with Crippen LogP contribution in [-0.4, -0.2) is 42.6 Å². The number of carbonyl (C=O) groups is 1. The highest BCUT2D eigenvalue weighted by Gasteiger charge is 2.12. The number of benzene rings is 1. The zero-order valence-electron chi connectivity index (χ0n) is 14.2. The van der Waals surface area contributed by atoms with Gasteiger partial charge < -0.3 is 20.6 Å². The quantitative estimate of drug-likeness (QED) is 0.477. The van der Waals surface area contributed by atoms with Crippen LogP contribution in [0.3, 0.4) is 0 Å². The first-order valence-corrected chi connectivity index (χ1v) is 8.19. The number of fused-ring (bicyclic) bond motifs is 1. The van der Waals surface area contributed by atoms with Gasteiger partial charge in [0.15, 0.2) is 5.69 Å². The average Bonchev–Trinajstić information content (AvgIpc) is 3.30. The lowest BCUT2D eigenvalue weighted by Gasteiger charge is -2.06. The van der Waals surface area contributed by atoms with E-state index < -0.39 is 5.91 Å². The molecule has 3 aromatic heterocycles. The smallest absolute Gasteiger partial charge is 0.271 e. The van der Waals surface area contributed by atoms with Crippen molar-refractivity contribution in [3.63, 3.8) is 0 Å². The van der Waals surface area contributed by atoms with Crippen LogP contribution in [0.1, 0.15) is 10.5 Å². The van der Waals surface area contributed by atoms with Crippen LogP contribution in [0.5, 0.6) is 11.5 Å². The minimum atomic E-state index is -0.794. The second kappa shape index (κ2) is 6.79. The molecule has 9 nitrogen and oxygen atoms in total. The van der Waals surface area contributed by atoms with Gasteiger partial charge in [0.2, 0.25) is 0 Å². The topological polar surface area (TPSA) is 132 Å². The summed E-state index contributed by atoms with van der Waals surface area (Å²) >= 11 is 0. The highest BCUT2D eigenvalue weighted by molar-refractivity contribution is 5.93. The summed E-state index contributed by atoms with van der Waals surface area (Å²) in [4.78, 5) is 18.1. The number of H-pyrrole nitrogens is 1. The number of aromatic hydroxyl groups is 1. The Bertz CT molecular complexity index is 1120. The fourth-order valence-corrected chi connectivity index (χ4v) is 2.70. The number of aromatic nitrogens is 5. The van der Waals surface area contributed by atoms with Crippen molar-refractivity contribution in [3.05, 3.63) is 54.6 Å². The molecule has 0 unspecified atom stereocenters. The van der Waals surface area contributed by atoms with Crippen LogP contribution in [0.25, 0.3) is 22.2 Å². The minimum absolute atomic E-state index is 0.182. The lowest BCUT2D eigenvalue weighted by molar-refractivity contribution is 0.0993. The molecule has 0 spiro atoms. The average molecular weight is 364 g/mol. The van der Waals surface area contributed by atoms with Crippen molar-refractivity contribution in [1.29, 1.82) is 0 Å². The van der Waals surface area contributed by atoms with Gasteiger partial charge in [-0.3, -0.25) is 4.79 Å². The Balaban J connectivity index is 1.40. The highest BCUT2D eigenvalue weighted by Crippen LogP contribution is 2.23. The summed E-state index contributed by atoms with van der Waals surface area (Å²) in [6.07, 6.45) is 5.00. The first-order chi connectivity index (χ1) is 13.1. The Morgan fingerprint density at radius 2 is 2.19 bits per heavy atom. The number of nitrogens with zero attached hydrogens (tertiary/aromatic N) is 4. The molecule has 0 bridgehead atoms. The van der Waals surface area contributed by atoms with Crippen molar-refractivity contribution in [2.75, 3.05) is 6.61 Å². The van der Waals surface area contributed by atoms with Crippen LogP contribution in [0.15, 0.2) is 48.9 Å². The second-order valence-corrected chi connectivity index (χ2v) is 5.90. The molecule has 0 fully saturated rings. The molecule has 0 saturated heterocycles. The number of rotatable bonds is 6. The molecule has 9 heteroatoms. The van der Waals surface area contributed by atoms with Gasteiger partial charge in [0.1, 0.15) is 23.8 Å². The van der Waals surface area contributed by atoms with Gasteiger partial charge in [-0.15, -0.1) is 5.10 Å². The third-order valence-corrected chi connectivity index (χ3v) is 4.05. The SMILES string of the molecule is NC(=O)c1ncc(-c2cn(CCOc3ccc4cc[nH]c4c3)nn2)cc1O. The molecule has 0 atom stereocenters. The molecule has 4 rings (SSSR count). The monoisotopic (exact) mass is 364 g/mol. The fourth-order valence-electron chi connectivity index (χ4n) is 2.70. The third-order valence-electron chi connectivity index (χ3n) is 4.05. The minimum Gasteiger partial charge on any atom is -0.505 e.